The van der Waals surface area contributed by atoms with Gasteiger partial charge in [0.2, 0.25) is 0 Å². The molecule has 0 saturated heterocycles. The number of hydrogen-bond acceptors (Lipinski definition) is 4. The molecule has 0 radical (unpaired) electrons. The van der Waals surface area contributed by atoms with Crippen molar-refractivity contribution >= 4 is 5.84 Å². The number of amidine groups is 1. The minimum Gasteiger partial charge on any atom is -0.388 e. The summed E-state index contributed by atoms with van der Waals surface area (Å²) in [4.78, 5) is 1.97. The first kappa shape index (κ1) is 6.35. The third kappa shape index (κ3) is 1.13. The van der Waals surface area contributed by atoms with Gasteiger partial charge in [-0.1, -0.05) is 0 Å². The SMILES string of the molecule is CCN1CNN=C1CO. The van der Waals surface area contributed by atoms with Gasteiger partial charge in [-0.3, -0.25) is 5.43 Å². The molecule has 0 bridgehead atoms. The van der Waals surface area contributed by atoms with E-state index >= 15 is 0 Å². The minimum atomic E-state index is 0.0286. The van der Waals surface area contributed by atoms with Gasteiger partial charge in [0.25, 0.3) is 0 Å². The van der Waals surface area contributed by atoms with Gasteiger partial charge in [0.05, 0.1) is 0 Å². The molecule has 0 amide bonds. The smallest absolute Gasteiger partial charge is 0.152 e. The molecular weight excluding hydrogens is 118 g/mol. The molecule has 0 saturated carbocycles. The Morgan fingerprint density at radius 3 is 3.11 bits per heavy atom. The van der Waals surface area contributed by atoms with Crippen molar-refractivity contribution < 1.29 is 5.11 Å². The van der Waals surface area contributed by atoms with E-state index in [0.717, 1.165) is 19.0 Å². The predicted molar refractivity (Wildman–Crippen MR) is 34.9 cm³/mol. The van der Waals surface area contributed by atoms with Crippen LogP contribution in [0.15, 0.2) is 5.10 Å². The Balaban J connectivity index is 2.47. The highest BCUT2D eigenvalue weighted by Gasteiger charge is 2.11. The monoisotopic (exact) mass is 129 g/mol. The summed E-state index contributed by atoms with van der Waals surface area (Å²) in [6.07, 6.45) is 0. The quantitative estimate of drug-likeness (QED) is 0.512. The Labute approximate surface area is 54.2 Å². The number of nitrogens with zero attached hydrogens (tertiary/aromatic N) is 2. The molecule has 1 aliphatic rings. The second-order valence-corrected chi connectivity index (χ2v) is 1.86. The van der Waals surface area contributed by atoms with E-state index in [2.05, 4.69) is 10.5 Å². The third-order valence-corrected chi connectivity index (χ3v) is 1.36. The van der Waals surface area contributed by atoms with Crippen molar-refractivity contribution in [1.29, 1.82) is 0 Å². The molecular formula is C5H11N3O. The molecule has 1 rings (SSSR count). The van der Waals surface area contributed by atoms with Gasteiger partial charge >= 0.3 is 0 Å². The molecule has 0 fully saturated rings. The van der Waals surface area contributed by atoms with E-state index in [1.165, 1.54) is 0 Å². The van der Waals surface area contributed by atoms with E-state index < -0.39 is 0 Å². The number of hydrazone groups is 1. The van der Waals surface area contributed by atoms with Crippen LogP contribution < -0.4 is 5.43 Å². The van der Waals surface area contributed by atoms with Crippen molar-refractivity contribution in [1.82, 2.24) is 10.3 Å². The molecule has 0 spiro atoms. The van der Waals surface area contributed by atoms with Gasteiger partial charge in [-0.25, -0.2) is 0 Å². The molecule has 1 aliphatic heterocycles. The van der Waals surface area contributed by atoms with Crippen LogP contribution >= 0.6 is 0 Å². The van der Waals surface area contributed by atoms with Crippen LogP contribution in [-0.4, -0.2) is 35.7 Å². The van der Waals surface area contributed by atoms with Crippen molar-refractivity contribution in [3.63, 3.8) is 0 Å². The van der Waals surface area contributed by atoms with Crippen LogP contribution in [0.1, 0.15) is 6.92 Å². The van der Waals surface area contributed by atoms with Crippen molar-refractivity contribution in [2.45, 2.75) is 6.92 Å². The third-order valence-electron chi connectivity index (χ3n) is 1.36. The number of likely N-dealkylation sites (N-methyl/N-ethyl adjacent to an activating group) is 1. The van der Waals surface area contributed by atoms with Gasteiger partial charge in [0, 0.05) is 6.54 Å². The second kappa shape index (κ2) is 2.68. The molecule has 0 atom stereocenters. The van der Waals surface area contributed by atoms with E-state index in [9.17, 15) is 0 Å². The van der Waals surface area contributed by atoms with Crippen molar-refractivity contribution in [2.24, 2.45) is 5.10 Å². The molecule has 2 N–H and O–H groups in total. The highest BCUT2D eigenvalue weighted by atomic mass is 16.3. The lowest BCUT2D eigenvalue weighted by atomic mass is 10.5. The van der Waals surface area contributed by atoms with Gasteiger partial charge in [-0.05, 0) is 6.92 Å². The highest BCUT2D eigenvalue weighted by Crippen LogP contribution is 1.94. The van der Waals surface area contributed by atoms with E-state index in [4.69, 9.17) is 5.11 Å². The van der Waals surface area contributed by atoms with Crippen LogP contribution in [0.2, 0.25) is 0 Å². The van der Waals surface area contributed by atoms with Gasteiger partial charge in [0.1, 0.15) is 13.3 Å². The normalized spacial score (nSPS) is 17.6. The fourth-order valence-electron chi connectivity index (χ4n) is 0.804. The van der Waals surface area contributed by atoms with Crippen molar-refractivity contribution in [2.75, 3.05) is 19.8 Å². The number of aliphatic hydroxyl groups is 1. The first-order valence-electron chi connectivity index (χ1n) is 3.03. The lowest BCUT2D eigenvalue weighted by Crippen LogP contribution is -2.30. The van der Waals surface area contributed by atoms with Crippen LogP contribution in [0.3, 0.4) is 0 Å². The van der Waals surface area contributed by atoms with E-state index in [1.807, 2.05) is 11.8 Å². The predicted octanol–water partition coefficient (Wildman–Crippen LogP) is -0.825. The van der Waals surface area contributed by atoms with Crippen LogP contribution in [0.4, 0.5) is 0 Å². The molecule has 4 heteroatoms. The molecule has 9 heavy (non-hydrogen) atoms. The molecule has 0 aromatic rings. The summed E-state index contributed by atoms with van der Waals surface area (Å²) in [5.74, 6) is 0.734. The summed E-state index contributed by atoms with van der Waals surface area (Å²) in [7, 11) is 0. The highest BCUT2D eigenvalue weighted by molar-refractivity contribution is 5.84. The van der Waals surface area contributed by atoms with Crippen LogP contribution in [-0.2, 0) is 0 Å². The fourth-order valence-corrected chi connectivity index (χ4v) is 0.804. The van der Waals surface area contributed by atoms with Gasteiger partial charge < -0.3 is 10.0 Å². The Bertz CT molecular complexity index is 123. The zero-order chi connectivity index (χ0) is 6.69. The molecule has 0 aromatic carbocycles. The Morgan fingerprint density at radius 2 is 2.67 bits per heavy atom. The Morgan fingerprint density at radius 1 is 1.89 bits per heavy atom. The van der Waals surface area contributed by atoms with Gasteiger partial charge in [-0.15, -0.1) is 0 Å². The summed E-state index contributed by atoms with van der Waals surface area (Å²) < 4.78 is 0. The first-order valence-corrected chi connectivity index (χ1v) is 3.03. The average Bonchev–Trinajstić information content (AvgIpc) is 2.33. The lowest BCUT2D eigenvalue weighted by Gasteiger charge is -2.13. The van der Waals surface area contributed by atoms with Gasteiger partial charge in [-0.2, -0.15) is 5.10 Å². The number of nitrogens with one attached hydrogen (secondary N) is 1. The van der Waals surface area contributed by atoms with Crippen LogP contribution in [0.5, 0.6) is 0 Å². The average molecular weight is 129 g/mol. The molecule has 4 nitrogen and oxygen atoms in total. The standard InChI is InChI=1S/C5H11N3O/c1-2-8-4-6-7-5(8)3-9/h6,9H,2-4H2,1H3. The lowest BCUT2D eigenvalue weighted by molar-refractivity contribution is 0.331. The minimum absolute atomic E-state index is 0.0286. The largest absolute Gasteiger partial charge is 0.388 e. The molecule has 0 aromatic heterocycles. The summed E-state index contributed by atoms with van der Waals surface area (Å²) in [6.45, 7) is 3.68. The number of hydrogen-bond donors (Lipinski definition) is 2. The molecule has 1 heterocycles. The Kier molecular flexibility index (Phi) is 1.89. The van der Waals surface area contributed by atoms with Crippen LogP contribution in [0, 0.1) is 0 Å². The van der Waals surface area contributed by atoms with E-state index in [1.54, 1.807) is 0 Å². The fraction of sp³-hybridized carbons (Fsp3) is 0.800. The Hall–Kier alpha value is -0.770. The van der Waals surface area contributed by atoms with E-state index in [0.29, 0.717) is 0 Å². The second-order valence-electron chi connectivity index (χ2n) is 1.86. The molecule has 0 unspecified atom stereocenters. The zero-order valence-electron chi connectivity index (χ0n) is 5.46. The maximum Gasteiger partial charge on any atom is 0.152 e. The summed E-state index contributed by atoms with van der Waals surface area (Å²) >= 11 is 0. The van der Waals surface area contributed by atoms with Crippen LogP contribution in [0.25, 0.3) is 0 Å². The van der Waals surface area contributed by atoms with Crippen molar-refractivity contribution in [3.8, 4) is 0 Å². The number of rotatable bonds is 2. The zero-order valence-corrected chi connectivity index (χ0v) is 5.46. The van der Waals surface area contributed by atoms with Gasteiger partial charge in [0.15, 0.2) is 5.84 Å². The maximum atomic E-state index is 8.66. The van der Waals surface area contributed by atoms with E-state index in [-0.39, 0.29) is 6.61 Å². The maximum absolute atomic E-state index is 8.66. The van der Waals surface area contributed by atoms with Crippen molar-refractivity contribution in [3.05, 3.63) is 0 Å². The summed E-state index contributed by atoms with van der Waals surface area (Å²) in [5, 5.41) is 12.5. The topological polar surface area (TPSA) is 47.9 Å². The number of aliphatic hydroxyl groups excluding tert-OH is 1. The summed E-state index contributed by atoms with van der Waals surface area (Å²) in [6, 6.07) is 0. The first-order chi connectivity index (χ1) is 4.38. The molecule has 0 aliphatic carbocycles. The summed E-state index contributed by atoms with van der Waals surface area (Å²) in [5.41, 5.74) is 2.78. The molecule has 52 valence electrons.